The van der Waals surface area contributed by atoms with Crippen molar-refractivity contribution in [2.45, 2.75) is 63.5 Å². The maximum Gasteiger partial charge on any atom is 0.0650 e. The van der Waals surface area contributed by atoms with Crippen LogP contribution in [0.1, 0.15) is 56.7 Å². The molecule has 112 valence electrons. The van der Waals surface area contributed by atoms with E-state index in [2.05, 4.69) is 22.0 Å². The van der Waals surface area contributed by atoms with Crippen molar-refractivity contribution >= 4 is 0 Å². The van der Waals surface area contributed by atoms with Gasteiger partial charge in [0.25, 0.3) is 0 Å². The van der Waals surface area contributed by atoms with Gasteiger partial charge in [-0.15, -0.1) is 0 Å². The second-order valence-electron chi connectivity index (χ2n) is 6.40. The van der Waals surface area contributed by atoms with E-state index in [9.17, 15) is 5.11 Å². The molecule has 4 heteroatoms. The third kappa shape index (κ3) is 3.61. The molecule has 2 heterocycles. The van der Waals surface area contributed by atoms with Gasteiger partial charge in [-0.1, -0.05) is 19.3 Å². The highest BCUT2D eigenvalue weighted by molar-refractivity contribution is 5.02. The van der Waals surface area contributed by atoms with Crippen molar-refractivity contribution < 1.29 is 9.84 Å². The minimum Gasteiger partial charge on any atom is -0.393 e. The third-order valence-electron chi connectivity index (χ3n) is 4.69. The van der Waals surface area contributed by atoms with Crippen molar-refractivity contribution in [3.05, 3.63) is 18.0 Å². The lowest BCUT2D eigenvalue weighted by Gasteiger charge is -2.21. The van der Waals surface area contributed by atoms with Crippen LogP contribution in [0.25, 0.3) is 0 Å². The number of aromatic nitrogens is 2. The topological polar surface area (TPSA) is 47.3 Å². The number of hydrogen-bond donors (Lipinski definition) is 1. The molecule has 1 aliphatic carbocycles. The van der Waals surface area contributed by atoms with Gasteiger partial charge in [0.05, 0.1) is 17.8 Å². The number of aliphatic hydroxyl groups is 1. The molecule has 1 N–H and O–H groups in total. The molecule has 2 aliphatic rings. The van der Waals surface area contributed by atoms with Gasteiger partial charge in [0.1, 0.15) is 0 Å². The van der Waals surface area contributed by atoms with Gasteiger partial charge in [0.2, 0.25) is 0 Å². The minimum atomic E-state index is -0.281. The van der Waals surface area contributed by atoms with E-state index in [0.29, 0.717) is 18.4 Å². The van der Waals surface area contributed by atoms with E-state index in [4.69, 9.17) is 4.74 Å². The van der Waals surface area contributed by atoms with E-state index in [-0.39, 0.29) is 6.10 Å². The Morgan fingerprint density at radius 2 is 2.15 bits per heavy atom. The molecule has 20 heavy (non-hydrogen) atoms. The van der Waals surface area contributed by atoms with E-state index >= 15 is 0 Å². The molecule has 1 aromatic rings. The first-order chi connectivity index (χ1) is 9.81. The fourth-order valence-electron chi connectivity index (χ4n) is 3.51. The molecule has 2 unspecified atom stereocenters. The molecule has 1 saturated heterocycles. The molecule has 1 aliphatic heterocycles. The van der Waals surface area contributed by atoms with E-state index in [1.54, 1.807) is 0 Å². The lowest BCUT2D eigenvalue weighted by atomic mass is 9.96. The zero-order valence-corrected chi connectivity index (χ0v) is 12.2. The van der Waals surface area contributed by atoms with Gasteiger partial charge in [-0.3, -0.25) is 4.68 Å². The first-order valence-electron chi connectivity index (χ1n) is 8.11. The Bertz CT molecular complexity index is 406. The van der Waals surface area contributed by atoms with Gasteiger partial charge < -0.3 is 9.84 Å². The van der Waals surface area contributed by atoms with Crippen molar-refractivity contribution in [2.75, 3.05) is 13.2 Å². The fourth-order valence-corrected chi connectivity index (χ4v) is 3.51. The van der Waals surface area contributed by atoms with E-state index in [0.717, 1.165) is 31.7 Å². The maximum atomic E-state index is 10.2. The summed E-state index contributed by atoms with van der Waals surface area (Å²) >= 11 is 0. The molecule has 3 rings (SSSR count). The van der Waals surface area contributed by atoms with Gasteiger partial charge in [0.15, 0.2) is 0 Å². The van der Waals surface area contributed by atoms with Crippen LogP contribution < -0.4 is 0 Å². The first kappa shape index (κ1) is 14.1. The SMILES string of the molecule is OC(Cc1ccn(C2CCCCC2)n1)CC1CCOC1. The molecule has 0 spiro atoms. The monoisotopic (exact) mass is 278 g/mol. The lowest BCUT2D eigenvalue weighted by molar-refractivity contribution is 0.127. The average Bonchev–Trinajstić information content (AvgIpc) is 3.11. The summed E-state index contributed by atoms with van der Waals surface area (Å²) < 4.78 is 7.49. The maximum absolute atomic E-state index is 10.2. The highest BCUT2D eigenvalue weighted by Crippen LogP contribution is 2.27. The molecule has 1 aromatic heterocycles. The summed E-state index contributed by atoms with van der Waals surface area (Å²) in [5.74, 6) is 0.533. The molecule has 0 aromatic carbocycles. The number of nitrogens with zero attached hydrogens (tertiary/aromatic N) is 2. The van der Waals surface area contributed by atoms with Gasteiger partial charge in [-0.2, -0.15) is 5.10 Å². The largest absolute Gasteiger partial charge is 0.393 e. The second kappa shape index (κ2) is 6.72. The van der Waals surface area contributed by atoms with Crippen LogP contribution in [0.4, 0.5) is 0 Å². The normalized spacial score (nSPS) is 25.9. The predicted octanol–water partition coefficient (Wildman–Crippen LogP) is 2.72. The summed E-state index contributed by atoms with van der Waals surface area (Å²) in [5, 5.41) is 14.9. The number of rotatable bonds is 5. The van der Waals surface area contributed by atoms with E-state index in [1.807, 2.05) is 0 Å². The minimum absolute atomic E-state index is 0.281. The van der Waals surface area contributed by atoms with Gasteiger partial charge in [-0.25, -0.2) is 0 Å². The Morgan fingerprint density at radius 1 is 1.30 bits per heavy atom. The standard InChI is InChI=1S/C16H26N2O2/c19-16(10-13-7-9-20-12-13)11-14-6-8-18(17-14)15-4-2-1-3-5-15/h6,8,13,15-16,19H,1-5,7,9-12H2. The summed E-state index contributed by atoms with van der Waals surface area (Å²) in [6.07, 6.45) is 10.9. The van der Waals surface area contributed by atoms with Crippen molar-refractivity contribution in [3.8, 4) is 0 Å². The molecule has 4 nitrogen and oxygen atoms in total. The molecular weight excluding hydrogens is 252 g/mol. The van der Waals surface area contributed by atoms with E-state index < -0.39 is 0 Å². The molecule has 1 saturated carbocycles. The van der Waals surface area contributed by atoms with Crippen molar-refractivity contribution in [1.29, 1.82) is 0 Å². The van der Waals surface area contributed by atoms with Crippen LogP contribution in [0.3, 0.4) is 0 Å². The summed E-state index contributed by atoms with van der Waals surface area (Å²) in [5.41, 5.74) is 1.03. The molecule has 0 radical (unpaired) electrons. The van der Waals surface area contributed by atoms with Crippen molar-refractivity contribution in [3.63, 3.8) is 0 Å². The second-order valence-corrected chi connectivity index (χ2v) is 6.40. The third-order valence-corrected chi connectivity index (χ3v) is 4.69. The van der Waals surface area contributed by atoms with Crippen LogP contribution in [-0.2, 0) is 11.2 Å². The highest BCUT2D eigenvalue weighted by Gasteiger charge is 2.21. The smallest absolute Gasteiger partial charge is 0.0650 e. The summed E-state index contributed by atoms with van der Waals surface area (Å²) in [6.45, 7) is 1.67. The highest BCUT2D eigenvalue weighted by atomic mass is 16.5. The van der Waals surface area contributed by atoms with Gasteiger partial charge >= 0.3 is 0 Å². The van der Waals surface area contributed by atoms with Crippen LogP contribution in [0.15, 0.2) is 12.3 Å². The first-order valence-corrected chi connectivity index (χ1v) is 8.11. The van der Waals surface area contributed by atoms with Crippen LogP contribution in [0.2, 0.25) is 0 Å². The van der Waals surface area contributed by atoms with E-state index in [1.165, 1.54) is 32.1 Å². The number of hydrogen-bond acceptors (Lipinski definition) is 3. The van der Waals surface area contributed by atoms with Crippen molar-refractivity contribution in [1.82, 2.24) is 9.78 Å². The van der Waals surface area contributed by atoms with Crippen molar-refractivity contribution in [2.24, 2.45) is 5.92 Å². The van der Waals surface area contributed by atoms with Crippen LogP contribution in [0.5, 0.6) is 0 Å². The zero-order chi connectivity index (χ0) is 13.8. The van der Waals surface area contributed by atoms with Gasteiger partial charge in [0, 0.05) is 25.8 Å². The number of aliphatic hydroxyl groups excluding tert-OH is 1. The molecular formula is C16H26N2O2. The van der Waals surface area contributed by atoms with Gasteiger partial charge in [-0.05, 0) is 37.7 Å². The Hall–Kier alpha value is -0.870. The summed E-state index contributed by atoms with van der Waals surface area (Å²) in [7, 11) is 0. The predicted molar refractivity (Wildman–Crippen MR) is 77.6 cm³/mol. The number of ether oxygens (including phenoxy) is 1. The average molecular weight is 278 g/mol. The Labute approximate surface area is 121 Å². The Morgan fingerprint density at radius 3 is 2.90 bits per heavy atom. The quantitative estimate of drug-likeness (QED) is 0.901. The Balaban J connectivity index is 1.50. The van der Waals surface area contributed by atoms with Crippen LogP contribution >= 0.6 is 0 Å². The fraction of sp³-hybridized carbons (Fsp3) is 0.812. The van der Waals surface area contributed by atoms with Crippen LogP contribution in [0, 0.1) is 5.92 Å². The summed E-state index contributed by atoms with van der Waals surface area (Å²) in [6, 6.07) is 2.65. The summed E-state index contributed by atoms with van der Waals surface area (Å²) in [4.78, 5) is 0. The molecule has 2 fully saturated rings. The molecule has 2 atom stereocenters. The van der Waals surface area contributed by atoms with Crippen LogP contribution in [-0.4, -0.2) is 34.2 Å². The molecule has 0 bridgehead atoms. The Kier molecular flexibility index (Phi) is 4.73. The zero-order valence-electron chi connectivity index (χ0n) is 12.2. The lowest BCUT2D eigenvalue weighted by Crippen LogP contribution is -2.18. The molecule has 0 amide bonds.